The molecule has 1 aromatic rings. The predicted octanol–water partition coefficient (Wildman–Crippen LogP) is 1.15. The maximum Gasteiger partial charge on any atom is 0.231 e. The highest BCUT2D eigenvalue weighted by atomic mass is 16.7. The summed E-state index contributed by atoms with van der Waals surface area (Å²) in [6.45, 7) is 1.23. The van der Waals surface area contributed by atoms with Gasteiger partial charge in [-0.25, -0.2) is 0 Å². The summed E-state index contributed by atoms with van der Waals surface area (Å²) in [5, 5.41) is 1.70. The van der Waals surface area contributed by atoms with E-state index >= 15 is 0 Å². The zero-order valence-corrected chi connectivity index (χ0v) is 8.90. The average molecular weight is 208 g/mol. The van der Waals surface area contributed by atoms with Crippen LogP contribution in [0.1, 0.15) is 12.0 Å². The van der Waals surface area contributed by atoms with Crippen molar-refractivity contribution in [3.63, 3.8) is 0 Å². The monoisotopic (exact) mass is 208 g/mol. The number of fused-ring (bicyclic) bond motifs is 1. The molecule has 4 heteroatoms. The normalized spacial score (nSPS) is 13.5. The van der Waals surface area contributed by atoms with E-state index in [-0.39, 0.29) is 0 Å². The van der Waals surface area contributed by atoms with Gasteiger partial charge in [-0.3, -0.25) is 10.9 Å². The molecule has 0 bridgehead atoms. The Kier molecular flexibility index (Phi) is 3.08. The van der Waals surface area contributed by atoms with Gasteiger partial charge in [-0.2, -0.15) is 0 Å². The standard InChI is InChI=1S/C11H16N2O2/c1-13(12)6-2-3-9-4-5-10-11(7-9)15-8-14-10/h4-5,7H,2-3,6,8,12H2,1H3. The Morgan fingerprint density at radius 1 is 1.33 bits per heavy atom. The smallest absolute Gasteiger partial charge is 0.231 e. The minimum atomic E-state index is 0.338. The van der Waals surface area contributed by atoms with Gasteiger partial charge in [0.25, 0.3) is 0 Å². The fourth-order valence-corrected chi connectivity index (χ4v) is 1.63. The number of hydrogen-bond donors (Lipinski definition) is 1. The van der Waals surface area contributed by atoms with Gasteiger partial charge in [0.15, 0.2) is 11.5 Å². The molecule has 82 valence electrons. The second-order valence-electron chi connectivity index (χ2n) is 3.77. The zero-order chi connectivity index (χ0) is 10.7. The number of nitrogens with two attached hydrogens (primary N) is 1. The first-order chi connectivity index (χ1) is 7.25. The molecule has 0 aliphatic carbocycles. The molecule has 1 aromatic carbocycles. The average Bonchev–Trinajstić information content (AvgIpc) is 2.64. The van der Waals surface area contributed by atoms with Crippen molar-refractivity contribution in [3.8, 4) is 11.5 Å². The number of hydrazine groups is 1. The SMILES string of the molecule is CN(N)CCCc1ccc2c(c1)OCO2. The van der Waals surface area contributed by atoms with Gasteiger partial charge in [-0.05, 0) is 30.5 Å². The van der Waals surface area contributed by atoms with Gasteiger partial charge >= 0.3 is 0 Å². The van der Waals surface area contributed by atoms with Crippen molar-refractivity contribution < 1.29 is 9.47 Å². The quantitative estimate of drug-likeness (QED) is 0.595. The lowest BCUT2D eigenvalue weighted by atomic mass is 10.1. The van der Waals surface area contributed by atoms with Crippen molar-refractivity contribution in [2.45, 2.75) is 12.8 Å². The van der Waals surface area contributed by atoms with E-state index < -0.39 is 0 Å². The third kappa shape index (κ3) is 2.61. The number of ether oxygens (including phenoxy) is 2. The Morgan fingerprint density at radius 3 is 2.93 bits per heavy atom. The minimum Gasteiger partial charge on any atom is -0.454 e. The first-order valence-electron chi connectivity index (χ1n) is 5.10. The Balaban J connectivity index is 1.92. The fourth-order valence-electron chi connectivity index (χ4n) is 1.63. The summed E-state index contributed by atoms with van der Waals surface area (Å²) in [5.74, 6) is 7.23. The first-order valence-corrected chi connectivity index (χ1v) is 5.10. The molecule has 1 heterocycles. The van der Waals surface area contributed by atoms with Crippen molar-refractivity contribution >= 4 is 0 Å². The van der Waals surface area contributed by atoms with Crippen LogP contribution in [-0.2, 0) is 6.42 Å². The lowest BCUT2D eigenvalue weighted by Gasteiger charge is -2.08. The van der Waals surface area contributed by atoms with Crippen LogP contribution in [0.4, 0.5) is 0 Å². The summed E-state index contributed by atoms with van der Waals surface area (Å²) in [6.07, 6.45) is 2.06. The lowest BCUT2D eigenvalue weighted by Crippen LogP contribution is -2.27. The van der Waals surface area contributed by atoms with Crippen LogP contribution in [0.15, 0.2) is 18.2 Å². The van der Waals surface area contributed by atoms with E-state index in [2.05, 4.69) is 6.07 Å². The molecule has 0 aromatic heterocycles. The minimum absolute atomic E-state index is 0.338. The molecular weight excluding hydrogens is 192 g/mol. The molecule has 4 nitrogen and oxygen atoms in total. The van der Waals surface area contributed by atoms with E-state index in [1.807, 2.05) is 19.2 Å². The molecule has 0 fully saturated rings. The van der Waals surface area contributed by atoms with Gasteiger partial charge in [0.05, 0.1) is 0 Å². The largest absolute Gasteiger partial charge is 0.454 e. The molecule has 0 atom stereocenters. The van der Waals surface area contributed by atoms with Crippen molar-refractivity contribution in [2.24, 2.45) is 5.84 Å². The molecule has 0 saturated heterocycles. The first kappa shape index (κ1) is 10.3. The van der Waals surface area contributed by atoms with Crippen LogP contribution >= 0.6 is 0 Å². The molecule has 0 unspecified atom stereocenters. The van der Waals surface area contributed by atoms with Crippen molar-refractivity contribution in [3.05, 3.63) is 23.8 Å². The van der Waals surface area contributed by atoms with E-state index in [0.29, 0.717) is 6.79 Å². The van der Waals surface area contributed by atoms with Crippen LogP contribution in [0.25, 0.3) is 0 Å². The number of rotatable bonds is 4. The number of aryl methyl sites for hydroxylation is 1. The summed E-state index contributed by atoms with van der Waals surface area (Å²) in [4.78, 5) is 0. The molecule has 1 aliphatic heterocycles. The maximum atomic E-state index is 5.54. The van der Waals surface area contributed by atoms with Gasteiger partial charge < -0.3 is 9.47 Å². The van der Waals surface area contributed by atoms with E-state index in [4.69, 9.17) is 15.3 Å². The molecule has 0 amide bonds. The van der Waals surface area contributed by atoms with Crippen LogP contribution in [0.3, 0.4) is 0 Å². The number of benzene rings is 1. The zero-order valence-electron chi connectivity index (χ0n) is 8.90. The Morgan fingerprint density at radius 2 is 2.13 bits per heavy atom. The molecule has 15 heavy (non-hydrogen) atoms. The highest BCUT2D eigenvalue weighted by Gasteiger charge is 2.12. The topological polar surface area (TPSA) is 47.7 Å². The van der Waals surface area contributed by atoms with Crippen LogP contribution < -0.4 is 15.3 Å². The molecule has 0 radical (unpaired) electrons. The molecule has 2 rings (SSSR count). The van der Waals surface area contributed by atoms with Crippen molar-refractivity contribution in [1.82, 2.24) is 5.01 Å². The van der Waals surface area contributed by atoms with E-state index in [1.165, 1.54) is 5.56 Å². The molecule has 1 aliphatic rings. The summed E-state index contributed by atoms with van der Waals surface area (Å²) in [7, 11) is 1.87. The third-order valence-electron chi connectivity index (χ3n) is 2.41. The highest BCUT2D eigenvalue weighted by Crippen LogP contribution is 2.32. The van der Waals surface area contributed by atoms with Gasteiger partial charge in [0, 0.05) is 13.6 Å². The predicted molar refractivity (Wildman–Crippen MR) is 57.7 cm³/mol. The fraction of sp³-hybridized carbons (Fsp3) is 0.455. The highest BCUT2D eigenvalue weighted by molar-refractivity contribution is 5.44. The van der Waals surface area contributed by atoms with E-state index in [9.17, 15) is 0 Å². The summed E-state index contributed by atoms with van der Waals surface area (Å²) in [5.41, 5.74) is 1.26. The molecule has 0 spiro atoms. The van der Waals surface area contributed by atoms with Crippen LogP contribution in [0.2, 0.25) is 0 Å². The molecule has 0 saturated carbocycles. The van der Waals surface area contributed by atoms with Crippen LogP contribution in [0, 0.1) is 0 Å². The Bertz CT molecular complexity index is 339. The molecule has 2 N–H and O–H groups in total. The summed E-state index contributed by atoms with van der Waals surface area (Å²) >= 11 is 0. The maximum absolute atomic E-state index is 5.54. The van der Waals surface area contributed by atoms with Crippen molar-refractivity contribution in [2.75, 3.05) is 20.4 Å². The summed E-state index contributed by atoms with van der Waals surface area (Å²) in [6, 6.07) is 6.08. The Labute approximate surface area is 89.5 Å². The van der Waals surface area contributed by atoms with Gasteiger partial charge in [-0.1, -0.05) is 6.07 Å². The second kappa shape index (κ2) is 4.51. The van der Waals surface area contributed by atoms with Gasteiger partial charge in [0.2, 0.25) is 6.79 Å². The van der Waals surface area contributed by atoms with E-state index in [0.717, 1.165) is 30.9 Å². The second-order valence-corrected chi connectivity index (χ2v) is 3.77. The third-order valence-corrected chi connectivity index (χ3v) is 2.41. The molecular formula is C11H16N2O2. The van der Waals surface area contributed by atoms with Crippen LogP contribution in [0.5, 0.6) is 11.5 Å². The summed E-state index contributed by atoms with van der Waals surface area (Å²) < 4.78 is 10.6. The van der Waals surface area contributed by atoms with E-state index in [1.54, 1.807) is 5.01 Å². The number of nitrogens with zero attached hydrogens (tertiary/aromatic N) is 1. The lowest BCUT2D eigenvalue weighted by molar-refractivity contribution is 0.174. The van der Waals surface area contributed by atoms with Gasteiger partial charge in [-0.15, -0.1) is 0 Å². The number of hydrogen-bond acceptors (Lipinski definition) is 4. The van der Waals surface area contributed by atoms with Crippen molar-refractivity contribution in [1.29, 1.82) is 0 Å². The van der Waals surface area contributed by atoms with Gasteiger partial charge in [0.1, 0.15) is 0 Å². The van der Waals surface area contributed by atoms with Crippen LogP contribution in [-0.4, -0.2) is 25.4 Å². The Hall–Kier alpha value is -1.26.